The van der Waals surface area contributed by atoms with Crippen molar-refractivity contribution in [3.05, 3.63) is 23.8 Å². The number of ether oxygens (including phenoxy) is 2. The SMILES string of the molecule is CCCCOc1ccc(C(=O)N2CCCC(C(=O)O)C2)cc1OCC. The van der Waals surface area contributed by atoms with Crippen LogP contribution in [-0.4, -0.2) is 48.2 Å². The van der Waals surface area contributed by atoms with Gasteiger partial charge >= 0.3 is 5.97 Å². The largest absolute Gasteiger partial charge is 0.490 e. The van der Waals surface area contributed by atoms with Gasteiger partial charge in [0.1, 0.15) is 0 Å². The molecule has 0 bridgehead atoms. The monoisotopic (exact) mass is 349 g/mol. The Labute approximate surface area is 148 Å². The lowest BCUT2D eigenvalue weighted by Gasteiger charge is -2.30. The molecule has 0 saturated carbocycles. The van der Waals surface area contributed by atoms with Gasteiger partial charge in [0, 0.05) is 18.7 Å². The van der Waals surface area contributed by atoms with Crippen LogP contribution in [0, 0.1) is 5.92 Å². The Morgan fingerprint density at radius 1 is 1.24 bits per heavy atom. The van der Waals surface area contributed by atoms with Crippen LogP contribution in [0.2, 0.25) is 0 Å². The number of hydrogen-bond donors (Lipinski definition) is 1. The predicted molar refractivity (Wildman–Crippen MR) is 94.3 cm³/mol. The number of nitrogens with zero attached hydrogens (tertiary/aromatic N) is 1. The Kier molecular flexibility index (Phi) is 7.10. The number of amides is 1. The average molecular weight is 349 g/mol. The van der Waals surface area contributed by atoms with Gasteiger partial charge in [0.2, 0.25) is 0 Å². The second-order valence-corrected chi connectivity index (χ2v) is 6.23. The van der Waals surface area contributed by atoms with Crippen LogP contribution in [0.4, 0.5) is 0 Å². The van der Waals surface area contributed by atoms with Gasteiger partial charge in [-0.05, 0) is 44.4 Å². The van der Waals surface area contributed by atoms with Crippen LogP contribution in [-0.2, 0) is 4.79 Å². The summed E-state index contributed by atoms with van der Waals surface area (Å²) in [4.78, 5) is 25.5. The summed E-state index contributed by atoms with van der Waals surface area (Å²) in [6.45, 7) is 5.90. The van der Waals surface area contributed by atoms with Gasteiger partial charge in [-0.15, -0.1) is 0 Å². The highest BCUT2D eigenvalue weighted by Crippen LogP contribution is 2.30. The molecule has 6 heteroatoms. The summed E-state index contributed by atoms with van der Waals surface area (Å²) in [6, 6.07) is 5.17. The molecule has 1 aromatic rings. The van der Waals surface area contributed by atoms with Crippen LogP contribution in [0.15, 0.2) is 18.2 Å². The van der Waals surface area contributed by atoms with E-state index in [0.29, 0.717) is 49.7 Å². The zero-order valence-electron chi connectivity index (χ0n) is 15.0. The van der Waals surface area contributed by atoms with Crippen molar-refractivity contribution in [3.63, 3.8) is 0 Å². The minimum absolute atomic E-state index is 0.160. The molecule has 1 amide bonds. The standard InChI is InChI=1S/C19H27NO5/c1-3-5-11-25-16-9-8-14(12-17(16)24-4-2)18(21)20-10-6-7-15(13-20)19(22)23/h8-9,12,15H,3-7,10-11,13H2,1-2H3,(H,22,23). The fourth-order valence-electron chi connectivity index (χ4n) is 2.90. The van der Waals surface area contributed by atoms with Gasteiger partial charge in [-0.25, -0.2) is 0 Å². The molecule has 1 atom stereocenters. The van der Waals surface area contributed by atoms with Crippen molar-refractivity contribution in [3.8, 4) is 11.5 Å². The molecule has 0 aliphatic carbocycles. The smallest absolute Gasteiger partial charge is 0.308 e. The van der Waals surface area contributed by atoms with Gasteiger partial charge in [0.25, 0.3) is 5.91 Å². The molecule has 25 heavy (non-hydrogen) atoms. The molecule has 1 aliphatic heterocycles. The van der Waals surface area contributed by atoms with Crippen LogP contribution in [0.5, 0.6) is 11.5 Å². The molecule has 1 aliphatic rings. The van der Waals surface area contributed by atoms with E-state index in [-0.39, 0.29) is 12.5 Å². The number of carboxylic acid groups (broad SMARTS) is 1. The number of carboxylic acids is 1. The van der Waals surface area contributed by atoms with Crippen LogP contribution in [0.25, 0.3) is 0 Å². The Balaban J connectivity index is 2.13. The fraction of sp³-hybridized carbons (Fsp3) is 0.579. The topological polar surface area (TPSA) is 76.1 Å². The first-order chi connectivity index (χ1) is 12.1. The van der Waals surface area contributed by atoms with Crippen molar-refractivity contribution in [2.24, 2.45) is 5.92 Å². The maximum absolute atomic E-state index is 12.7. The number of benzene rings is 1. The van der Waals surface area contributed by atoms with Gasteiger partial charge < -0.3 is 19.5 Å². The Morgan fingerprint density at radius 3 is 2.72 bits per heavy atom. The second-order valence-electron chi connectivity index (χ2n) is 6.23. The van der Waals surface area contributed by atoms with Crippen LogP contribution < -0.4 is 9.47 Å². The van der Waals surface area contributed by atoms with Crippen molar-refractivity contribution in [1.29, 1.82) is 0 Å². The minimum atomic E-state index is -0.841. The summed E-state index contributed by atoms with van der Waals surface area (Å²) in [6.07, 6.45) is 3.32. The summed E-state index contributed by atoms with van der Waals surface area (Å²) in [7, 11) is 0. The Hall–Kier alpha value is -2.24. The highest BCUT2D eigenvalue weighted by molar-refractivity contribution is 5.95. The van der Waals surface area contributed by atoms with Gasteiger partial charge in [-0.3, -0.25) is 9.59 Å². The number of rotatable bonds is 8. The highest BCUT2D eigenvalue weighted by Gasteiger charge is 2.29. The molecule has 1 saturated heterocycles. The summed E-state index contributed by atoms with van der Waals surface area (Å²) in [5.74, 6) is -0.301. The summed E-state index contributed by atoms with van der Waals surface area (Å²) in [5, 5.41) is 9.19. The number of carbonyl (C=O) groups is 2. The van der Waals surface area contributed by atoms with Crippen LogP contribution in [0.3, 0.4) is 0 Å². The maximum Gasteiger partial charge on any atom is 0.308 e. The van der Waals surface area contributed by atoms with E-state index in [9.17, 15) is 14.7 Å². The molecule has 1 heterocycles. The first-order valence-corrected chi connectivity index (χ1v) is 8.98. The highest BCUT2D eigenvalue weighted by atomic mass is 16.5. The minimum Gasteiger partial charge on any atom is -0.490 e. The van der Waals surface area contributed by atoms with E-state index in [2.05, 4.69) is 6.92 Å². The van der Waals surface area contributed by atoms with E-state index >= 15 is 0 Å². The first kappa shape index (κ1) is 19.1. The second kappa shape index (κ2) is 9.30. The molecule has 0 aromatic heterocycles. The molecule has 6 nitrogen and oxygen atoms in total. The molecule has 1 aromatic carbocycles. The van der Waals surface area contributed by atoms with E-state index in [4.69, 9.17) is 9.47 Å². The summed E-state index contributed by atoms with van der Waals surface area (Å²) < 4.78 is 11.3. The predicted octanol–water partition coefficient (Wildman–Crippen LogP) is 3.20. The molecule has 138 valence electrons. The number of unbranched alkanes of at least 4 members (excludes halogenated alkanes) is 1. The molecule has 0 spiro atoms. The molecule has 2 rings (SSSR count). The van der Waals surface area contributed by atoms with Gasteiger partial charge in [0.15, 0.2) is 11.5 Å². The molecule has 1 unspecified atom stereocenters. The quantitative estimate of drug-likeness (QED) is 0.729. The Morgan fingerprint density at radius 2 is 2.04 bits per heavy atom. The summed E-state index contributed by atoms with van der Waals surface area (Å²) in [5.41, 5.74) is 0.498. The third kappa shape index (κ3) is 5.11. The lowest BCUT2D eigenvalue weighted by Crippen LogP contribution is -2.42. The number of likely N-dealkylation sites (tertiary alicyclic amines) is 1. The lowest BCUT2D eigenvalue weighted by molar-refractivity contribution is -0.143. The third-order valence-corrected chi connectivity index (χ3v) is 4.30. The molecule has 0 radical (unpaired) electrons. The van der Waals surface area contributed by atoms with Crippen molar-refractivity contribution in [2.45, 2.75) is 39.5 Å². The number of piperidine rings is 1. The van der Waals surface area contributed by atoms with Gasteiger partial charge in [-0.2, -0.15) is 0 Å². The number of aliphatic carboxylic acids is 1. The maximum atomic E-state index is 12.7. The molecular weight excluding hydrogens is 322 g/mol. The fourth-order valence-corrected chi connectivity index (χ4v) is 2.90. The van der Waals surface area contributed by atoms with Crippen molar-refractivity contribution in [2.75, 3.05) is 26.3 Å². The van der Waals surface area contributed by atoms with E-state index in [0.717, 1.165) is 12.8 Å². The summed E-state index contributed by atoms with van der Waals surface area (Å²) >= 11 is 0. The van der Waals surface area contributed by atoms with E-state index in [1.807, 2.05) is 6.92 Å². The van der Waals surface area contributed by atoms with Gasteiger partial charge in [0.05, 0.1) is 19.1 Å². The molecular formula is C19H27NO5. The molecule has 1 fully saturated rings. The zero-order valence-corrected chi connectivity index (χ0v) is 15.0. The van der Waals surface area contributed by atoms with Crippen molar-refractivity contribution < 1.29 is 24.2 Å². The van der Waals surface area contributed by atoms with Crippen molar-refractivity contribution >= 4 is 11.9 Å². The Bertz CT molecular complexity index is 601. The van der Waals surface area contributed by atoms with Gasteiger partial charge in [-0.1, -0.05) is 13.3 Å². The van der Waals surface area contributed by atoms with E-state index < -0.39 is 11.9 Å². The number of hydrogen-bond acceptors (Lipinski definition) is 4. The third-order valence-electron chi connectivity index (χ3n) is 4.30. The van der Waals surface area contributed by atoms with Crippen molar-refractivity contribution in [1.82, 2.24) is 4.90 Å². The normalized spacial score (nSPS) is 17.2. The van der Waals surface area contributed by atoms with E-state index in [1.165, 1.54) is 0 Å². The first-order valence-electron chi connectivity index (χ1n) is 8.98. The molecule has 1 N–H and O–H groups in total. The number of carbonyl (C=O) groups excluding carboxylic acids is 1. The van der Waals surface area contributed by atoms with Crippen LogP contribution in [0.1, 0.15) is 49.9 Å². The zero-order chi connectivity index (χ0) is 18.2. The van der Waals surface area contributed by atoms with Crippen LogP contribution >= 0.6 is 0 Å². The average Bonchev–Trinajstić information content (AvgIpc) is 2.62. The lowest BCUT2D eigenvalue weighted by atomic mass is 9.97. The van der Waals surface area contributed by atoms with E-state index in [1.54, 1.807) is 23.1 Å².